The fraction of sp³-hybridized carbons (Fsp3) is 0.150. The van der Waals surface area contributed by atoms with Gasteiger partial charge in [-0.2, -0.15) is 5.26 Å². The molecule has 1 aliphatic heterocycles. The minimum atomic E-state index is 0.0463. The van der Waals surface area contributed by atoms with E-state index in [-0.39, 0.29) is 5.91 Å². The van der Waals surface area contributed by atoms with Crippen molar-refractivity contribution in [2.75, 3.05) is 11.4 Å². The van der Waals surface area contributed by atoms with Crippen LogP contribution in [0, 0.1) is 18.3 Å². The van der Waals surface area contributed by atoms with Gasteiger partial charge < -0.3 is 4.90 Å². The van der Waals surface area contributed by atoms with Crippen LogP contribution < -0.4 is 4.90 Å². The molecule has 4 nitrogen and oxygen atoms in total. The molecule has 0 aliphatic carbocycles. The number of fused-ring (bicyclic) bond motifs is 1. The Morgan fingerprint density at radius 2 is 2.04 bits per heavy atom. The SMILES string of the molecule is Cc1ccsc1C(=O)N1CCc2c(-c3ccc(C#N)cc3)cncc21. The molecule has 0 spiro atoms. The number of rotatable bonds is 2. The molecule has 1 aliphatic rings. The lowest BCUT2D eigenvalue weighted by Crippen LogP contribution is -2.28. The van der Waals surface area contributed by atoms with Crippen LogP contribution in [-0.2, 0) is 6.42 Å². The van der Waals surface area contributed by atoms with Crippen molar-refractivity contribution >= 4 is 22.9 Å². The summed E-state index contributed by atoms with van der Waals surface area (Å²) < 4.78 is 0. The second-order valence-corrected chi connectivity index (χ2v) is 6.93. The van der Waals surface area contributed by atoms with E-state index in [0.717, 1.165) is 39.2 Å². The smallest absolute Gasteiger partial charge is 0.268 e. The van der Waals surface area contributed by atoms with E-state index in [1.165, 1.54) is 11.3 Å². The predicted molar refractivity (Wildman–Crippen MR) is 98.8 cm³/mol. The maximum atomic E-state index is 12.9. The number of nitrogens with zero attached hydrogens (tertiary/aromatic N) is 3. The first kappa shape index (κ1) is 15.6. The highest BCUT2D eigenvalue weighted by molar-refractivity contribution is 7.12. The number of anilines is 1. The van der Waals surface area contributed by atoms with E-state index in [0.29, 0.717) is 12.1 Å². The molecule has 1 aromatic carbocycles. The number of carbonyl (C=O) groups excluding carboxylic acids is 1. The highest BCUT2D eigenvalue weighted by Gasteiger charge is 2.29. The zero-order valence-corrected chi connectivity index (χ0v) is 14.5. The summed E-state index contributed by atoms with van der Waals surface area (Å²) in [6, 6.07) is 11.6. The third-order valence-corrected chi connectivity index (χ3v) is 5.54. The van der Waals surface area contributed by atoms with Crippen LogP contribution in [0.4, 0.5) is 5.69 Å². The number of hydrogen-bond donors (Lipinski definition) is 0. The van der Waals surface area contributed by atoms with Crippen LogP contribution in [0.25, 0.3) is 11.1 Å². The van der Waals surface area contributed by atoms with Crippen molar-refractivity contribution in [1.29, 1.82) is 5.26 Å². The third-order valence-electron chi connectivity index (χ3n) is 4.54. The lowest BCUT2D eigenvalue weighted by Gasteiger charge is -2.17. The van der Waals surface area contributed by atoms with Crippen molar-refractivity contribution in [3.8, 4) is 17.2 Å². The molecule has 2 aromatic heterocycles. The zero-order chi connectivity index (χ0) is 17.4. The summed E-state index contributed by atoms with van der Waals surface area (Å²) in [6.07, 6.45) is 4.42. The summed E-state index contributed by atoms with van der Waals surface area (Å²) in [5.41, 5.74) is 5.72. The monoisotopic (exact) mass is 345 g/mol. The van der Waals surface area contributed by atoms with Gasteiger partial charge in [-0.1, -0.05) is 12.1 Å². The number of nitriles is 1. The van der Waals surface area contributed by atoms with Gasteiger partial charge in [0, 0.05) is 18.3 Å². The number of amides is 1. The van der Waals surface area contributed by atoms with Crippen molar-refractivity contribution in [1.82, 2.24) is 4.98 Å². The molecule has 0 unspecified atom stereocenters. The topological polar surface area (TPSA) is 57.0 Å². The van der Waals surface area contributed by atoms with Crippen LogP contribution in [0.2, 0.25) is 0 Å². The van der Waals surface area contributed by atoms with Gasteiger partial charge in [-0.25, -0.2) is 0 Å². The molecule has 4 rings (SSSR count). The summed E-state index contributed by atoms with van der Waals surface area (Å²) in [4.78, 5) is 19.9. The van der Waals surface area contributed by atoms with Crippen molar-refractivity contribution in [3.63, 3.8) is 0 Å². The molecule has 0 atom stereocenters. The van der Waals surface area contributed by atoms with Crippen LogP contribution in [0.1, 0.15) is 26.4 Å². The van der Waals surface area contributed by atoms with E-state index < -0.39 is 0 Å². The Kier molecular flexibility index (Phi) is 3.83. The standard InChI is InChI=1S/C20H15N3OS/c1-13-7-9-25-19(13)20(24)23-8-6-16-17(11-22-12-18(16)23)15-4-2-14(10-21)3-5-15/h2-5,7,9,11-12H,6,8H2,1H3. The van der Waals surface area contributed by atoms with Crippen LogP contribution in [-0.4, -0.2) is 17.4 Å². The van der Waals surface area contributed by atoms with Gasteiger partial charge in [-0.15, -0.1) is 11.3 Å². The third kappa shape index (κ3) is 2.61. The Morgan fingerprint density at radius 1 is 1.24 bits per heavy atom. The minimum Gasteiger partial charge on any atom is -0.305 e. The van der Waals surface area contributed by atoms with Crippen molar-refractivity contribution in [2.45, 2.75) is 13.3 Å². The van der Waals surface area contributed by atoms with Gasteiger partial charge in [0.05, 0.1) is 28.4 Å². The van der Waals surface area contributed by atoms with Gasteiger partial charge in [0.2, 0.25) is 0 Å². The van der Waals surface area contributed by atoms with E-state index in [2.05, 4.69) is 11.1 Å². The van der Waals surface area contributed by atoms with Gasteiger partial charge in [0.1, 0.15) is 0 Å². The first-order chi connectivity index (χ1) is 12.2. The van der Waals surface area contributed by atoms with Gasteiger partial charge in [-0.05, 0) is 53.6 Å². The summed E-state index contributed by atoms with van der Waals surface area (Å²) in [5.74, 6) is 0.0463. The average Bonchev–Trinajstić information content (AvgIpc) is 3.27. The van der Waals surface area contributed by atoms with Crippen molar-refractivity contribution in [3.05, 3.63) is 69.7 Å². The number of benzene rings is 1. The first-order valence-corrected chi connectivity index (χ1v) is 8.90. The summed E-state index contributed by atoms with van der Waals surface area (Å²) in [5, 5.41) is 10.9. The summed E-state index contributed by atoms with van der Waals surface area (Å²) >= 11 is 1.48. The molecule has 0 radical (unpaired) electrons. The molecule has 122 valence electrons. The van der Waals surface area contributed by atoms with Crippen LogP contribution in [0.15, 0.2) is 48.1 Å². The number of thiophene rings is 1. The Labute approximate surface area is 150 Å². The first-order valence-electron chi connectivity index (χ1n) is 8.02. The number of hydrogen-bond acceptors (Lipinski definition) is 4. The number of aromatic nitrogens is 1. The van der Waals surface area contributed by atoms with Gasteiger partial charge in [-0.3, -0.25) is 9.78 Å². The number of aryl methyl sites for hydroxylation is 1. The molecular weight excluding hydrogens is 330 g/mol. The molecule has 0 saturated heterocycles. The van der Waals surface area contributed by atoms with Gasteiger partial charge >= 0.3 is 0 Å². The number of carbonyl (C=O) groups is 1. The van der Waals surface area contributed by atoms with E-state index in [1.807, 2.05) is 53.7 Å². The average molecular weight is 345 g/mol. The molecule has 3 aromatic rings. The fourth-order valence-electron chi connectivity index (χ4n) is 3.21. The lowest BCUT2D eigenvalue weighted by molar-refractivity contribution is 0.0992. The molecule has 0 bridgehead atoms. The molecule has 0 fully saturated rings. The quantitative estimate of drug-likeness (QED) is 0.700. The normalized spacial score (nSPS) is 12.7. The Balaban J connectivity index is 1.73. The minimum absolute atomic E-state index is 0.0463. The fourth-order valence-corrected chi connectivity index (χ4v) is 4.09. The van der Waals surface area contributed by atoms with E-state index in [1.54, 1.807) is 6.20 Å². The molecule has 25 heavy (non-hydrogen) atoms. The van der Waals surface area contributed by atoms with Crippen molar-refractivity contribution in [2.24, 2.45) is 0 Å². The number of pyridine rings is 1. The maximum Gasteiger partial charge on any atom is 0.268 e. The van der Waals surface area contributed by atoms with E-state index in [9.17, 15) is 4.79 Å². The Bertz CT molecular complexity index is 999. The van der Waals surface area contributed by atoms with Gasteiger partial charge in [0.25, 0.3) is 5.91 Å². The maximum absolute atomic E-state index is 12.9. The second-order valence-electron chi connectivity index (χ2n) is 6.01. The highest BCUT2D eigenvalue weighted by Crippen LogP contribution is 2.36. The van der Waals surface area contributed by atoms with Gasteiger partial charge in [0.15, 0.2) is 0 Å². The summed E-state index contributed by atoms with van der Waals surface area (Å²) in [6.45, 7) is 2.63. The molecule has 0 saturated carbocycles. The molecule has 1 amide bonds. The van der Waals surface area contributed by atoms with Crippen LogP contribution in [0.5, 0.6) is 0 Å². The largest absolute Gasteiger partial charge is 0.305 e. The van der Waals surface area contributed by atoms with E-state index >= 15 is 0 Å². The molecule has 3 heterocycles. The highest BCUT2D eigenvalue weighted by atomic mass is 32.1. The Morgan fingerprint density at radius 3 is 2.72 bits per heavy atom. The molecule has 0 N–H and O–H groups in total. The predicted octanol–water partition coefficient (Wildman–Crippen LogP) is 4.19. The lowest BCUT2D eigenvalue weighted by atomic mass is 9.99. The van der Waals surface area contributed by atoms with Crippen LogP contribution >= 0.6 is 11.3 Å². The van der Waals surface area contributed by atoms with E-state index in [4.69, 9.17) is 5.26 Å². The van der Waals surface area contributed by atoms with Crippen LogP contribution in [0.3, 0.4) is 0 Å². The molecular formula is C20H15N3OS. The summed E-state index contributed by atoms with van der Waals surface area (Å²) in [7, 11) is 0. The zero-order valence-electron chi connectivity index (χ0n) is 13.7. The second kappa shape index (κ2) is 6.15. The Hall–Kier alpha value is -2.97. The van der Waals surface area contributed by atoms with Crippen molar-refractivity contribution < 1.29 is 4.79 Å². The molecule has 5 heteroatoms.